The predicted octanol–water partition coefficient (Wildman–Crippen LogP) is 2.80. The Kier molecular flexibility index (Phi) is 5.13. The summed E-state index contributed by atoms with van der Waals surface area (Å²) in [5, 5.41) is 0.959. The number of methoxy groups -OCH3 is 1. The average molecular weight is 395 g/mol. The van der Waals surface area contributed by atoms with Gasteiger partial charge in [-0.1, -0.05) is 12.1 Å². The third-order valence-electron chi connectivity index (χ3n) is 5.35. The predicted molar refractivity (Wildman–Crippen MR) is 100 cm³/mol. The number of aryl methyl sites for hydroxylation is 1. The Balaban J connectivity index is 1.28. The van der Waals surface area contributed by atoms with Crippen LogP contribution in [0.25, 0.3) is 10.2 Å². The van der Waals surface area contributed by atoms with Gasteiger partial charge in [0, 0.05) is 51.5 Å². The molecule has 0 spiro atoms. The largest absolute Gasteiger partial charge is 0.383 e. The number of alkyl halides is 2. The lowest BCUT2D eigenvalue weighted by Crippen LogP contribution is -2.62. The number of hydrogen-bond acceptors (Lipinski definition) is 5. The zero-order valence-corrected chi connectivity index (χ0v) is 16.1. The van der Waals surface area contributed by atoms with Gasteiger partial charge >= 0.3 is 0 Å². The number of thiazole rings is 1. The van der Waals surface area contributed by atoms with Crippen LogP contribution in [-0.2, 0) is 16.0 Å². The summed E-state index contributed by atoms with van der Waals surface area (Å²) in [7, 11) is 1.54. The first-order valence-electron chi connectivity index (χ1n) is 9.20. The third-order valence-corrected chi connectivity index (χ3v) is 6.45. The maximum Gasteiger partial charge on any atom is 0.262 e. The Morgan fingerprint density at radius 3 is 2.89 bits per heavy atom. The van der Waals surface area contributed by atoms with E-state index in [1.807, 2.05) is 29.2 Å². The van der Waals surface area contributed by atoms with E-state index in [2.05, 4.69) is 4.98 Å². The minimum Gasteiger partial charge on any atom is -0.383 e. The van der Waals surface area contributed by atoms with Crippen LogP contribution in [0.3, 0.4) is 0 Å². The normalized spacial score (nSPS) is 23.1. The molecular weight excluding hydrogens is 372 g/mol. The first-order chi connectivity index (χ1) is 12.9. The van der Waals surface area contributed by atoms with Gasteiger partial charge in [0.05, 0.1) is 28.4 Å². The zero-order chi connectivity index (χ0) is 19.0. The van der Waals surface area contributed by atoms with Crippen molar-refractivity contribution in [2.24, 2.45) is 0 Å². The number of rotatable bonds is 6. The van der Waals surface area contributed by atoms with Gasteiger partial charge in [0.15, 0.2) is 0 Å². The van der Waals surface area contributed by atoms with Crippen molar-refractivity contribution in [3.8, 4) is 0 Å². The molecule has 0 unspecified atom stereocenters. The van der Waals surface area contributed by atoms with Gasteiger partial charge in [-0.15, -0.1) is 11.3 Å². The first-order valence-corrected chi connectivity index (χ1v) is 10.0. The molecule has 1 aromatic heterocycles. The molecule has 2 saturated heterocycles. The first kappa shape index (κ1) is 18.7. The molecule has 5 nitrogen and oxygen atoms in total. The molecule has 0 radical (unpaired) electrons. The lowest BCUT2D eigenvalue weighted by atomic mass is 10.0. The van der Waals surface area contributed by atoms with Crippen LogP contribution in [0.2, 0.25) is 0 Å². The molecule has 2 aliphatic rings. The monoisotopic (exact) mass is 395 g/mol. The highest BCUT2D eigenvalue weighted by Gasteiger charge is 2.50. The van der Waals surface area contributed by atoms with Crippen molar-refractivity contribution in [1.29, 1.82) is 0 Å². The van der Waals surface area contributed by atoms with Crippen molar-refractivity contribution in [2.45, 2.75) is 37.3 Å². The molecule has 2 fully saturated rings. The highest BCUT2D eigenvalue weighted by atomic mass is 32.1. The molecule has 8 heteroatoms. The summed E-state index contributed by atoms with van der Waals surface area (Å²) in [6.45, 7) is 1.11. The molecule has 0 aliphatic carbocycles. The summed E-state index contributed by atoms with van der Waals surface area (Å²) >= 11 is 1.62. The Morgan fingerprint density at radius 1 is 1.37 bits per heavy atom. The molecule has 4 rings (SSSR count). The number of likely N-dealkylation sites (tertiary alicyclic amines) is 2. The molecule has 1 atom stereocenters. The summed E-state index contributed by atoms with van der Waals surface area (Å²) < 4.78 is 33.7. The van der Waals surface area contributed by atoms with Crippen LogP contribution in [0.1, 0.15) is 17.8 Å². The molecule has 146 valence electrons. The van der Waals surface area contributed by atoms with Crippen molar-refractivity contribution in [1.82, 2.24) is 14.8 Å². The van der Waals surface area contributed by atoms with Gasteiger partial charge in [-0.25, -0.2) is 13.8 Å². The number of nitrogens with zero attached hydrogens (tertiary/aromatic N) is 3. The van der Waals surface area contributed by atoms with E-state index in [1.54, 1.807) is 16.2 Å². The summed E-state index contributed by atoms with van der Waals surface area (Å²) in [5.41, 5.74) is 0.966. The fraction of sp³-hybridized carbons (Fsp3) is 0.579. The van der Waals surface area contributed by atoms with Crippen molar-refractivity contribution in [2.75, 3.05) is 33.4 Å². The summed E-state index contributed by atoms with van der Waals surface area (Å²) in [6.07, 6.45) is 0.862. The van der Waals surface area contributed by atoms with Crippen molar-refractivity contribution in [3.63, 3.8) is 0 Å². The molecule has 0 N–H and O–H groups in total. The van der Waals surface area contributed by atoms with Gasteiger partial charge in [-0.3, -0.25) is 9.69 Å². The van der Waals surface area contributed by atoms with E-state index in [0.29, 0.717) is 32.5 Å². The molecule has 2 aromatic rings. The number of fused-ring (bicyclic) bond motifs is 1. The fourth-order valence-electron chi connectivity index (χ4n) is 3.96. The molecule has 0 saturated carbocycles. The summed E-state index contributed by atoms with van der Waals surface area (Å²) in [5.74, 6) is -2.60. The number of benzene rings is 1. The lowest BCUT2D eigenvalue weighted by Gasteiger charge is -2.45. The van der Waals surface area contributed by atoms with Crippen LogP contribution in [-0.4, -0.2) is 72.0 Å². The molecule has 1 amide bonds. The highest BCUT2D eigenvalue weighted by Crippen LogP contribution is 2.35. The Bertz CT molecular complexity index is 789. The smallest absolute Gasteiger partial charge is 0.262 e. The van der Waals surface area contributed by atoms with Gasteiger partial charge in [0.1, 0.15) is 0 Å². The van der Waals surface area contributed by atoms with Gasteiger partial charge < -0.3 is 9.64 Å². The second-order valence-electron chi connectivity index (χ2n) is 7.37. The summed E-state index contributed by atoms with van der Waals surface area (Å²) in [4.78, 5) is 20.6. The molecule has 27 heavy (non-hydrogen) atoms. The molecule has 2 aliphatic heterocycles. The Hall–Kier alpha value is -1.64. The number of amides is 1. The number of hydrogen-bond donors (Lipinski definition) is 0. The molecule has 0 bridgehead atoms. The second-order valence-corrected chi connectivity index (χ2v) is 8.48. The van der Waals surface area contributed by atoms with Crippen LogP contribution in [0.4, 0.5) is 8.78 Å². The summed E-state index contributed by atoms with van der Waals surface area (Å²) in [6, 6.07) is 7.67. The zero-order valence-electron chi connectivity index (χ0n) is 15.2. The molecule has 3 heterocycles. The van der Waals surface area contributed by atoms with E-state index >= 15 is 0 Å². The average Bonchev–Trinajstić information content (AvgIpc) is 3.12. The Morgan fingerprint density at radius 2 is 2.15 bits per heavy atom. The lowest BCUT2D eigenvalue weighted by molar-refractivity contribution is -0.139. The molecule has 1 aromatic carbocycles. The van der Waals surface area contributed by atoms with Crippen LogP contribution < -0.4 is 0 Å². The van der Waals surface area contributed by atoms with Gasteiger partial charge in [-0.05, 0) is 12.1 Å². The maximum atomic E-state index is 13.8. The molecular formula is C19H23F2N3O2S. The van der Waals surface area contributed by atoms with Crippen molar-refractivity contribution in [3.05, 3.63) is 29.3 Å². The van der Waals surface area contributed by atoms with Crippen LogP contribution in [0, 0.1) is 0 Å². The van der Waals surface area contributed by atoms with Crippen LogP contribution >= 0.6 is 11.3 Å². The minimum atomic E-state index is -2.67. The third kappa shape index (κ3) is 3.97. The van der Waals surface area contributed by atoms with E-state index < -0.39 is 5.92 Å². The van der Waals surface area contributed by atoms with E-state index in [4.69, 9.17) is 4.74 Å². The second kappa shape index (κ2) is 7.41. The number of halogens is 2. The quantitative estimate of drug-likeness (QED) is 0.755. The highest BCUT2D eigenvalue weighted by molar-refractivity contribution is 7.18. The minimum absolute atomic E-state index is 0.00456. The SMILES string of the molecule is COC[C@@H]1CC(F)(F)CN1C1CN(C(=O)CCc2nc3ccccc3s2)C1. The van der Waals surface area contributed by atoms with Gasteiger partial charge in [0.25, 0.3) is 5.92 Å². The number of ether oxygens (including phenoxy) is 1. The van der Waals surface area contributed by atoms with Gasteiger partial charge in [-0.2, -0.15) is 0 Å². The van der Waals surface area contributed by atoms with Crippen LogP contribution in [0.15, 0.2) is 24.3 Å². The number of para-hydroxylation sites is 1. The maximum absolute atomic E-state index is 13.8. The topological polar surface area (TPSA) is 45.7 Å². The van der Waals surface area contributed by atoms with Crippen molar-refractivity contribution >= 4 is 27.5 Å². The van der Waals surface area contributed by atoms with E-state index in [0.717, 1.165) is 15.2 Å². The van der Waals surface area contributed by atoms with Gasteiger partial charge in [0.2, 0.25) is 5.91 Å². The van der Waals surface area contributed by atoms with E-state index in [1.165, 1.54) is 7.11 Å². The number of carbonyl (C=O) groups is 1. The van der Waals surface area contributed by atoms with E-state index in [9.17, 15) is 13.6 Å². The van der Waals surface area contributed by atoms with Crippen LogP contribution in [0.5, 0.6) is 0 Å². The standard InChI is InChI=1S/C19H23F2N3O2S/c1-26-11-13-8-19(20,21)12-24(13)14-9-23(10-14)18(25)7-6-17-22-15-4-2-3-5-16(15)27-17/h2-5,13-14H,6-12H2,1H3/t13-/m0/s1. The number of aromatic nitrogens is 1. The number of carbonyl (C=O) groups excluding carboxylic acids is 1. The van der Waals surface area contributed by atoms with Crippen molar-refractivity contribution < 1.29 is 18.3 Å². The van der Waals surface area contributed by atoms with E-state index in [-0.39, 0.29) is 31.0 Å². The fourth-order valence-corrected chi connectivity index (χ4v) is 4.93. The Labute approximate surface area is 160 Å².